The zero-order chi connectivity index (χ0) is 14.2. The van der Waals surface area contributed by atoms with Crippen LogP contribution in [0.1, 0.15) is 47.5 Å². The van der Waals surface area contributed by atoms with Gasteiger partial charge in [-0.05, 0) is 32.7 Å². The van der Waals surface area contributed by atoms with E-state index in [1.807, 2.05) is 0 Å². The maximum Gasteiger partial charge on any atom is 0.120 e. The van der Waals surface area contributed by atoms with Gasteiger partial charge in [0, 0.05) is 6.54 Å². The van der Waals surface area contributed by atoms with Crippen LogP contribution in [0.3, 0.4) is 0 Å². The molecule has 3 heteroatoms. The minimum absolute atomic E-state index is 0.0927. The summed E-state index contributed by atoms with van der Waals surface area (Å²) in [6.07, 6.45) is 2.24. The van der Waals surface area contributed by atoms with E-state index in [0.29, 0.717) is 12.5 Å². The third-order valence-corrected chi connectivity index (χ3v) is 2.74. The Morgan fingerprint density at radius 1 is 1.22 bits per heavy atom. The molecule has 106 valence electrons. The van der Waals surface area contributed by atoms with E-state index in [4.69, 9.17) is 5.11 Å². The first-order valence-electron chi connectivity index (χ1n) is 6.91. The van der Waals surface area contributed by atoms with Crippen molar-refractivity contribution in [1.29, 1.82) is 0 Å². The Bertz CT molecular complexity index is 270. The van der Waals surface area contributed by atoms with Gasteiger partial charge in [0.2, 0.25) is 0 Å². The van der Waals surface area contributed by atoms with Gasteiger partial charge in [-0.3, -0.25) is 4.90 Å². The molecule has 0 saturated carbocycles. The molecule has 0 radical (unpaired) electrons. The summed E-state index contributed by atoms with van der Waals surface area (Å²) in [5, 5.41) is 18.9. The van der Waals surface area contributed by atoms with Gasteiger partial charge in [-0.2, -0.15) is 0 Å². The Kier molecular flexibility index (Phi) is 8.26. The summed E-state index contributed by atoms with van der Waals surface area (Å²) in [5.74, 6) is 6.45. The fourth-order valence-electron chi connectivity index (χ4n) is 1.81. The molecule has 0 aromatic heterocycles. The minimum Gasteiger partial charge on any atom is -0.395 e. The van der Waals surface area contributed by atoms with E-state index in [-0.39, 0.29) is 12.6 Å². The van der Waals surface area contributed by atoms with E-state index >= 15 is 0 Å². The zero-order valence-corrected chi connectivity index (χ0v) is 12.5. The molecule has 0 heterocycles. The summed E-state index contributed by atoms with van der Waals surface area (Å²) in [6, 6.07) is 0.0927. The molecular weight excluding hydrogens is 226 g/mol. The van der Waals surface area contributed by atoms with Crippen LogP contribution < -0.4 is 0 Å². The van der Waals surface area contributed by atoms with E-state index in [2.05, 4.69) is 37.5 Å². The lowest BCUT2D eigenvalue weighted by molar-refractivity contribution is 0.138. The van der Waals surface area contributed by atoms with Crippen molar-refractivity contribution in [3.8, 4) is 11.8 Å². The predicted octanol–water partition coefficient (Wildman–Crippen LogP) is 1.88. The van der Waals surface area contributed by atoms with Crippen molar-refractivity contribution in [1.82, 2.24) is 4.90 Å². The Balaban J connectivity index is 4.83. The Hall–Kier alpha value is -0.560. The first kappa shape index (κ1) is 17.4. The van der Waals surface area contributed by atoms with E-state index in [1.165, 1.54) is 0 Å². The van der Waals surface area contributed by atoms with Gasteiger partial charge in [0.1, 0.15) is 5.60 Å². The predicted molar refractivity (Wildman–Crippen MR) is 76.3 cm³/mol. The minimum atomic E-state index is -0.956. The number of rotatable bonds is 7. The highest BCUT2D eigenvalue weighted by Crippen LogP contribution is 2.12. The summed E-state index contributed by atoms with van der Waals surface area (Å²) < 4.78 is 0. The van der Waals surface area contributed by atoms with Crippen LogP contribution in [0.5, 0.6) is 0 Å². The fourth-order valence-corrected chi connectivity index (χ4v) is 1.81. The summed E-state index contributed by atoms with van der Waals surface area (Å²) in [4.78, 5) is 2.22. The van der Waals surface area contributed by atoms with Crippen molar-refractivity contribution < 1.29 is 10.2 Å². The van der Waals surface area contributed by atoms with Gasteiger partial charge >= 0.3 is 0 Å². The van der Waals surface area contributed by atoms with Crippen LogP contribution in [0.15, 0.2) is 0 Å². The third-order valence-electron chi connectivity index (χ3n) is 2.74. The first-order valence-corrected chi connectivity index (χ1v) is 6.91. The second-order valence-corrected chi connectivity index (χ2v) is 5.63. The smallest absolute Gasteiger partial charge is 0.120 e. The molecule has 0 spiro atoms. The third kappa shape index (κ3) is 7.71. The molecule has 18 heavy (non-hydrogen) atoms. The van der Waals surface area contributed by atoms with Crippen molar-refractivity contribution in [2.45, 2.75) is 59.1 Å². The van der Waals surface area contributed by atoms with Gasteiger partial charge in [0.25, 0.3) is 0 Å². The number of aliphatic hydroxyl groups excluding tert-OH is 1. The van der Waals surface area contributed by atoms with E-state index in [9.17, 15) is 5.11 Å². The largest absolute Gasteiger partial charge is 0.395 e. The monoisotopic (exact) mass is 255 g/mol. The Morgan fingerprint density at radius 3 is 2.22 bits per heavy atom. The topological polar surface area (TPSA) is 43.7 Å². The lowest BCUT2D eigenvalue weighted by Gasteiger charge is -2.30. The van der Waals surface area contributed by atoms with Gasteiger partial charge in [-0.15, -0.1) is 0 Å². The van der Waals surface area contributed by atoms with Crippen LogP contribution in [0.2, 0.25) is 0 Å². The van der Waals surface area contributed by atoms with Gasteiger partial charge in [-0.25, -0.2) is 0 Å². The van der Waals surface area contributed by atoms with Gasteiger partial charge in [0.05, 0.1) is 12.6 Å². The molecule has 1 atom stereocenters. The van der Waals surface area contributed by atoms with Crippen molar-refractivity contribution in [2.75, 3.05) is 19.7 Å². The standard InChI is InChI=1S/C15H29NO2/c1-6-7-10-16(11-12-17)14(13(2)3)8-9-15(4,5)18/h13-14,17-18H,6-7,10-12H2,1-5H3/t14-/m0/s1. The molecule has 0 fully saturated rings. The number of unbranched alkanes of at least 4 members (excludes halogenated alkanes) is 1. The second kappa shape index (κ2) is 8.53. The lowest BCUT2D eigenvalue weighted by Crippen LogP contribution is -2.40. The quantitative estimate of drug-likeness (QED) is 0.683. The molecule has 2 N–H and O–H groups in total. The van der Waals surface area contributed by atoms with Crippen molar-refractivity contribution in [3.63, 3.8) is 0 Å². The summed E-state index contributed by atoms with van der Waals surface area (Å²) in [7, 11) is 0. The maximum absolute atomic E-state index is 9.69. The average Bonchev–Trinajstić information content (AvgIpc) is 2.23. The lowest BCUT2D eigenvalue weighted by atomic mass is 10.0. The molecule has 0 saturated heterocycles. The van der Waals surface area contributed by atoms with Crippen LogP contribution in [0, 0.1) is 17.8 Å². The summed E-state index contributed by atoms with van der Waals surface area (Å²) in [6.45, 7) is 11.5. The van der Waals surface area contributed by atoms with Crippen LogP contribution >= 0.6 is 0 Å². The molecule has 0 aromatic carbocycles. The number of hydrogen-bond acceptors (Lipinski definition) is 3. The summed E-state index contributed by atoms with van der Waals surface area (Å²) in [5.41, 5.74) is -0.956. The molecule has 0 aliphatic carbocycles. The van der Waals surface area contributed by atoms with Crippen LogP contribution in [0.4, 0.5) is 0 Å². The van der Waals surface area contributed by atoms with Crippen molar-refractivity contribution >= 4 is 0 Å². The van der Waals surface area contributed by atoms with E-state index < -0.39 is 5.60 Å². The number of hydrogen-bond donors (Lipinski definition) is 2. The van der Waals surface area contributed by atoms with Crippen LogP contribution in [-0.4, -0.2) is 46.5 Å². The SMILES string of the molecule is CCCCN(CCO)[C@@H](C#CC(C)(C)O)C(C)C. The van der Waals surface area contributed by atoms with E-state index in [0.717, 1.165) is 19.4 Å². The summed E-state index contributed by atoms with van der Waals surface area (Å²) >= 11 is 0. The fraction of sp³-hybridized carbons (Fsp3) is 0.867. The van der Waals surface area contributed by atoms with Gasteiger partial charge in [-0.1, -0.05) is 39.0 Å². The Morgan fingerprint density at radius 2 is 1.83 bits per heavy atom. The highest BCUT2D eigenvalue weighted by Gasteiger charge is 2.19. The molecule has 0 rings (SSSR count). The molecule has 0 aromatic rings. The molecule has 0 unspecified atom stereocenters. The highest BCUT2D eigenvalue weighted by atomic mass is 16.3. The first-order chi connectivity index (χ1) is 8.31. The molecule has 0 bridgehead atoms. The second-order valence-electron chi connectivity index (χ2n) is 5.63. The maximum atomic E-state index is 9.69. The Labute approximate surface area is 112 Å². The number of nitrogens with zero attached hydrogens (tertiary/aromatic N) is 1. The van der Waals surface area contributed by atoms with Gasteiger partial charge in [0.15, 0.2) is 0 Å². The van der Waals surface area contributed by atoms with Crippen molar-refractivity contribution in [3.05, 3.63) is 0 Å². The highest BCUT2D eigenvalue weighted by molar-refractivity contribution is 5.16. The zero-order valence-electron chi connectivity index (χ0n) is 12.5. The number of aliphatic hydroxyl groups is 2. The van der Waals surface area contributed by atoms with Crippen LogP contribution in [0.25, 0.3) is 0 Å². The van der Waals surface area contributed by atoms with Gasteiger partial charge < -0.3 is 10.2 Å². The van der Waals surface area contributed by atoms with Crippen LogP contribution in [-0.2, 0) is 0 Å². The normalized spacial score (nSPS) is 13.6. The molecule has 0 amide bonds. The molecule has 0 aliphatic heterocycles. The van der Waals surface area contributed by atoms with E-state index in [1.54, 1.807) is 13.8 Å². The molecular formula is C15H29NO2. The average molecular weight is 255 g/mol. The molecule has 3 nitrogen and oxygen atoms in total. The van der Waals surface area contributed by atoms with Crippen molar-refractivity contribution in [2.24, 2.45) is 5.92 Å². The molecule has 0 aliphatic rings.